The summed E-state index contributed by atoms with van der Waals surface area (Å²) in [6.45, 7) is 1.96. The number of nitrogens with zero attached hydrogens (tertiary/aromatic N) is 1. The number of aliphatic imine (C=N–C) groups is 1. The third-order valence-corrected chi connectivity index (χ3v) is 13.6. The Kier molecular flexibility index (Phi) is 36.2. The second-order valence-corrected chi connectivity index (χ2v) is 20.8. The van der Waals surface area contributed by atoms with Gasteiger partial charge in [-0.05, 0) is 63.4 Å². The van der Waals surface area contributed by atoms with E-state index in [0.29, 0.717) is 37.8 Å². The van der Waals surface area contributed by atoms with Gasteiger partial charge in [-0.25, -0.2) is 4.79 Å². The number of aliphatic carboxylic acids is 2. The quantitative estimate of drug-likeness (QED) is 0.0165. The molecule has 11 atom stereocenters. The van der Waals surface area contributed by atoms with E-state index in [1.54, 1.807) is 30.3 Å². The lowest BCUT2D eigenvalue weighted by molar-refractivity contribution is -0.270. The van der Waals surface area contributed by atoms with Crippen molar-refractivity contribution >= 4 is 77.0 Å². The fraction of sp³-hybridized carbons (Fsp3) is 0.655. The highest BCUT2D eigenvalue weighted by Crippen LogP contribution is 2.22. The molecule has 1 saturated heterocycles. The number of hydrogen-bond donors (Lipinski definition) is 18. The zero-order valence-corrected chi connectivity index (χ0v) is 49.8. The van der Waals surface area contributed by atoms with Crippen LogP contribution in [0.1, 0.15) is 110 Å². The van der Waals surface area contributed by atoms with Gasteiger partial charge in [-0.3, -0.25) is 57.7 Å². The summed E-state index contributed by atoms with van der Waals surface area (Å²) in [7, 11) is 0. The molecule has 1 aromatic carbocycles. The first-order valence-corrected chi connectivity index (χ1v) is 29.0. The number of unbranched alkanes of at least 4 members (excludes halogenated alkanes) is 3. The van der Waals surface area contributed by atoms with Crippen molar-refractivity contribution in [2.24, 2.45) is 22.4 Å². The molecule has 1 aliphatic heterocycles. The van der Waals surface area contributed by atoms with Gasteiger partial charge in [0.1, 0.15) is 54.6 Å². The summed E-state index contributed by atoms with van der Waals surface area (Å²) >= 11 is 0. The van der Waals surface area contributed by atoms with E-state index in [0.717, 1.165) is 0 Å². The molecule has 0 aromatic heterocycles. The Balaban J connectivity index is 2.24. The Hall–Kier alpha value is -8.11. The lowest BCUT2D eigenvalue weighted by Gasteiger charge is -2.42. The minimum atomic E-state index is -1.85. The Labute approximate surface area is 508 Å². The molecule has 20 N–H and O–H groups in total. The van der Waals surface area contributed by atoms with E-state index in [9.17, 15) is 88.2 Å². The summed E-state index contributed by atoms with van der Waals surface area (Å²) in [5, 5.41) is 82.7. The smallest absolute Gasteiger partial charge is 0.328 e. The van der Waals surface area contributed by atoms with E-state index in [4.69, 9.17) is 20.9 Å². The summed E-state index contributed by atoms with van der Waals surface area (Å²) in [4.78, 5) is 157. The Morgan fingerprint density at radius 1 is 0.625 bits per heavy atom. The second-order valence-electron chi connectivity index (χ2n) is 20.8. The van der Waals surface area contributed by atoms with E-state index in [-0.39, 0.29) is 95.3 Å². The summed E-state index contributed by atoms with van der Waals surface area (Å²) in [5.41, 5.74) is 11.5. The van der Waals surface area contributed by atoms with Gasteiger partial charge in [0.05, 0.1) is 39.3 Å². The highest BCUT2D eigenvalue weighted by molar-refractivity contribution is 5.96. The highest BCUT2D eigenvalue weighted by atomic mass is 16.7. The minimum Gasteiger partial charge on any atom is -0.481 e. The predicted octanol–water partition coefficient (Wildman–Crippen LogP) is -5.76. The summed E-state index contributed by atoms with van der Waals surface area (Å²) in [6.07, 6.45) is -3.71. The van der Waals surface area contributed by atoms with E-state index < -0.39 is 159 Å². The lowest BCUT2D eigenvalue weighted by atomic mass is 9.97. The Bertz CT molecular complexity index is 2470. The van der Waals surface area contributed by atoms with Crippen molar-refractivity contribution < 1.29 is 97.6 Å². The zero-order chi connectivity index (χ0) is 65.7. The normalized spacial score (nSPS) is 18.1. The fourth-order valence-corrected chi connectivity index (χ4v) is 8.55. The number of carbonyl (C=O) groups is 12. The van der Waals surface area contributed by atoms with Crippen LogP contribution in [-0.4, -0.2) is 221 Å². The van der Waals surface area contributed by atoms with Crippen molar-refractivity contribution in [3.8, 4) is 0 Å². The van der Waals surface area contributed by atoms with Gasteiger partial charge >= 0.3 is 11.9 Å². The van der Waals surface area contributed by atoms with E-state index in [1.165, 1.54) is 6.92 Å². The SMILES string of the molecule is CCC(C)C(=O)NCCCCCC(=O)N[C@@H](Cc1ccccc1)C(=O)N[C@@H](CCCCNC(=O)CCCO[C@@H]1OC(CO)[C@H](O)[C@H](O)C1NC(C)=O)C(=O)NCC(=O)N[C@@H](CCCN=C(N)N)C(=O)NCC(=O)N[C@@H](CC(=O)O)C(=O)N[C@@H](CO)C(=O)O. The number of carboxylic acid groups (broad SMARTS) is 2. The summed E-state index contributed by atoms with van der Waals surface area (Å²) in [6, 6.07) is -0.120. The Morgan fingerprint density at radius 2 is 1.19 bits per heavy atom. The molecular formula is C55H89N13O20. The molecule has 2 rings (SSSR count). The standard InChI is InChI=1S/C55H89N13O20/c1-4-31(2)48(80)59-22-11-6-9-19-41(73)65-36(25-33-15-7-5-8-16-33)51(83)67-35(17-10-12-21-58-40(72)20-14-24-87-54-45(63-32(3)71)47(79)46(78)39(30-70)88-54)50(82)62-27-42(74)64-34(18-13-23-60-55(56)57)49(81)61-28-43(75)66-37(26-44(76)77)52(84)68-38(29-69)53(85)86/h5,7-8,15-16,31,34-39,45-47,54,69-70,78-79H,4,6,9-14,17-30H2,1-3H3,(H,58,72)(H,59,80)(H,61,81)(H,62,82)(H,63,71)(H,64,74)(H,65,73)(H,66,75)(H,67,83)(H,68,84)(H,76,77)(H,85,86)(H4,56,57,60)/t31?,34-,35-,36-,37-,38-,39?,45?,46-,47+,54+/m0/s1. The molecule has 1 aliphatic rings. The largest absolute Gasteiger partial charge is 0.481 e. The van der Waals surface area contributed by atoms with Crippen LogP contribution in [0.4, 0.5) is 0 Å². The number of carboxylic acids is 2. The van der Waals surface area contributed by atoms with Gasteiger partial charge in [0.25, 0.3) is 0 Å². The van der Waals surface area contributed by atoms with Crippen LogP contribution in [0, 0.1) is 5.92 Å². The number of nitrogens with one attached hydrogen (secondary N) is 10. The van der Waals surface area contributed by atoms with Gasteiger partial charge in [0, 0.05) is 51.7 Å². The average molecular weight is 1250 g/mol. The molecular weight excluding hydrogens is 1160 g/mol. The number of aliphatic hydroxyl groups is 4. The van der Waals surface area contributed by atoms with Crippen LogP contribution in [0.3, 0.4) is 0 Å². The van der Waals surface area contributed by atoms with Gasteiger partial charge < -0.3 is 105 Å². The molecule has 10 amide bonds. The maximum Gasteiger partial charge on any atom is 0.328 e. The molecule has 0 spiro atoms. The van der Waals surface area contributed by atoms with Gasteiger partial charge in [0.15, 0.2) is 12.2 Å². The van der Waals surface area contributed by atoms with Gasteiger partial charge in [0.2, 0.25) is 59.1 Å². The van der Waals surface area contributed by atoms with Crippen LogP contribution in [0.2, 0.25) is 0 Å². The molecule has 0 radical (unpaired) electrons. The van der Waals surface area contributed by atoms with Crippen molar-refractivity contribution in [3.63, 3.8) is 0 Å². The van der Waals surface area contributed by atoms with Crippen molar-refractivity contribution in [3.05, 3.63) is 35.9 Å². The Morgan fingerprint density at radius 3 is 1.78 bits per heavy atom. The van der Waals surface area contributed by atoms with E-state index >= 15 is 0 Å². The first-order chi connectivity index (χ1) is 41.8. The monoisotopic (exact) mass is 1250 g/mol. The van der Waals surface area contributed by atoms with E-state index in [1.807, 2.05) is 19.2 Å². The summed E-state index contributed by atoms with van der Waals surface area (Å²) in [5.74, 6) is -11.0. The molecule has 3 unspecified atom stereocenters. The molecule has 33 nitrogen and oxygen atoms in total. The number of hydrogen-bond acceptors (Lipinski definition) is 19. The molecule has 0 aliphatic carbocycles. The molecule has 88 heavy (non-hydrogen) atoms. The average Bonchev–Trinajstić information content (AvgIpc) is 2.72. The fourth-order valence-electron chi connectivity index (χ4n) is 8.55. The number of rotatable bonds is 43. The first kappa shape index (κ1) is 76.0. The molecule has 33 heteroatoms. The summed E-state index contributed by atoms with van der Waals surface area (Å²) < 4.78 is 11.2. The minimum absolute atomic E-state index is 0.0100. The topological polar surface area (TPSA) is 529 Å². The molecule has 0 saturated carbocycles. The predicted molar refractivity (Wildman–Crippen MR) is 311 cm³/mol. The van der Waals surface area contributed by atoms with E-state index in [2.05, 4.69) is 52.8 Å². The van der Waals surface area contributed by atoms with Crippen LogP contribution in [-0.2, 0) is 73.4 Å². The van der Waals surface area contributed by atoms with Crippen LogP contribution in [0.25, 0.3) is 0 Å². The highest BCUT2D eigenvalue weighted by Gasteiger charge is 2.45. The molecule has 0 bridgehead atoms. The third-order valence-electron chi connectivity index (χ3n) is 13.6. The third kappa shape index (κ3) is 30.5. The molecule has 1 heterocycles. The van der Waals surface area contributed by atoms with Crippen LogP contribution < -0.4 is 64.6 Å². The first-order valence-electron chi connectivity index (χ1n) is 29.0. The number of guanidine groups is 1. The van der Waals surface area contributed by atoms with Gasteiger partial charge in [-0.15, -0.1) is 0 Å². The zero-order valence-electron chi connectivity index (χ0n) is 49.8. The number of nitrogens with two attached hydrogens (primary N) is 2. The van der Waals surface area contributed by atoms with Crippen LogP contribution in [0.5, 0.6) is 0 Å². The number of carbonyl (C=O) groups excluding carboxylic acids is 10. The number of aliphatic hydroxyl groups excluding tert-OH is 4. The number of amides is 10. The van der Waals surface area contributed by atoms with Crippen molar-refractivity contribution in [2.75, 3.05) is 52.5 Å². The van der Waals surface area contributed by atoms with Crippen molar-refractivity contribution in [2.45, 2.75) is 172 Å². The van der Waals surface area contributed by atoms with Crippen LogP contribution in [0.15, 0.2) is 35.3 Å². The van der Waals surface area contributed by atoms with Crippen LogP contribution >= 0.6 is 0 Å². The number of benzene rings is 1. The molecule has 494 valence electrons. The maximum atomic E-state index is 14.2. The lowest BCUT2D eigenvalue weighted by Crippen LogP contribution is -2.64. The number of ether oxygens (including phenoxy) is 2. The van der Waals surface area contributed by atoms with Crippen molar-refractivity contribution in [1.82, 2.24) is 53.2 Å². The molecule has 1 fully saturated rings. The van der Waals surface area contributed by atoms with Gasteiger partial charge in [-0.1, -0.05) is 50.6 Å². The second kappa shape index (κ2) is 41.9. The van der Waals surface area contributed by atoms with Crippen molar-refractivity contribution in [1.29, 1.82) is 0 Å². The van der Waals surface area contributed by atoms with Gasteiger partial charge in [-0.2, -0.15) is 0 Å². The maximum absolute atomic E-state index is 14.2. The molecule has 1 aromatic rings.